The summed E-state index contributed by atoms with van der Waals surface area (Å²) in [5.41, 5.74) is 5.50. The largest absolute Gasteiger partial charge is 0.392 e. The van der Waals surface area contributed by atoms with Crippen molar-refractivity contribution in [1.82, 2.24) is 18.3 Å². The smallest absolute Gasteiger partial charge is 0.261 e. The van der Waals surface area contributed by atoms with Crippen molar-refractivity contribution in [2.45, 2.75) is 34.8 Å². The molecular formula is C60H58ClN8O12S3+. The number of nitrogens with one attached hydrogen (secondary N) is 2. The zero-order valence-corrected chi connectivity index (χ0v) is 49.1. The number of hydrogen-bond acceptors (Lipinski definition) is 13. The molecule has 0 amide bonds. The highest BCUT2D eigenvalue weighted by Gasteiger charge is 2.19. The molecule has 0 unspecified atom stereocenters. The van der Waals surface area contributed by atoms with Gasteiger partial charge in [0.25, 0.3) is 51.3 Å². The van der Waals surface area contributed by atoms with E-state index in [1.807, 2.05) is 55.5 Å². The van der Waals surface area contributed by atoms with Crippen LogP contribution in [0.5, 0.6) is 0 Å². The number of fused-ring (bicyclic) bond motifs is 4. The maximum absolute atomic E-state index is 12.6. The van der Waals surface area contributed by atoms with Gasteiger partial charge in [-0.15, -0.1) is 0 Å². The summed E-state index contributed by atoms with van der Waals surface area (Å²) in [5.74, 6) is 5.39. The third-order valence-electron chi connectivity index (χ3n) is 13.2. The molecule has 11 aromatic rings. The number of nitrogens with zero attached hydrogens (tertiary/aromatic N) is 5. The minimum absolute atomic E-state index is 0.0165. The molecule has 6 aromatic carbocycles. The number of hydrogen-bond donors (Lipinski definition) is 5. The molecule has 84 heavy (non-hydrogen) atoms. The quantitative estimate of drug-likeness (QED) is 0.0575. The number of pyridine rings is 5. The van der Waals surface area contributed by atoms with E-state index in [0.717, 1.165) is 16.5 Å². The Kier molecular flexibility index (Phi) is 19.9. The normalized spacial score (nSPS) is 11.2. The van der Waals surface area contributed by atoms with Crippen LogP contribution in [0, 0.1) is 6.92 Å². The van der Waals surface area contributed by atoms with Crippen LogP contribution < -0.4 is 42.2 Å². The van der Waals surface area contributed by atoms with Gasteiger partial charge in [0, 0.05) is 80.8 Å². The van der Waals surface area contributed by atoms with Gasteiger partial charge in [-0.3, -0.25) is 28.6 Å². The number of nitrogens with two attached hydrogens (primary N) is 1. The van der Waals surface area contributed by atoms with Crippen molar-refractivity contribution >= 4 is 94.8 Å². The first-order chi connectivity index (χ1) is 39.8. The lowest BCUT2D eigenvalue weighted by molar-refractivity contribution is -0.649. The molecule has 6 N–H and O–H groups in total. The van der Waals surface area contributed by atoms with Crippen LogP contribution in [0.3, 0.4) is 0 Å². The van der Waals surface area contributed by atoms with E-state index in [1.54, 1.807) is 136 Å². The highest BCUT2D eigenvalue weighted by atomic mass is 35.7. The van der Waals surface area contributed by atoms with E-state index in [2.05, 4.69) is 9.44 Å². The number of para-hydroxylation sites is 3. The van der Waals surface area contributed by atoms with Crippen molar-refractivity contribution < 1.29 is 40.1 Å². The van der Waals surface area contributed by atoms with Crippen molar-refractivity contribution in [3.05, 3.63) is 259 Å². The van der Waals surface area contributed by atoms with Crippen molar-refractivity contribution in [2.24, 2.45) is 28.2 Å². The molecule has 0 spiro atoms. The Morgan fingerprint density at radius 1 is 0.440 bits per heavy atom. The van der Waals surface area contributed by atoms with Gasteiger partial charge in [0.15, 0.2) is 6.20 Å². The van der Waals surface area contributed by atoms with Gasteiger partial charge in [-0.25, -0.2) is 31.1 Å². The summed E-state index contributed by atoms with van der Waals surface area (Å²) in [6.45, 7) is 1.56. The number of rotatable bonds is 9. The van der Waals surface area contributed by atoms with Crippen LogP contribution in [-0.4, -0.2) is 53.7 Å². The van der Waals surface area contributed by atoms with Crippen molar-refractivity contribution in [2.75, 3.05) is 15.3 Å². The van der Waals surface area contributed by atoms with Gasteiger partial charge >= 0.3 is 0 Å². The second-order valence-electron chi connectivity index (χ2n) is 18.7. The van der Waals surface area contributed by atoms with Crippen LogP contribution in [0.25, 0.3) is 43.6 Å². The van der Waals surface area contributed by atoms with E-state index in [1.165, 1.54) is 66.9 Å². The van der Waals surface area contributed by atoms with Crippen LogP contribution in [0.15, 0.2) is 234 Å². The van der Waals surface area contributed by atoms with E-state index in [4.69, 9.17) is 21.6 Å². The average Bonchev–Trinajstić information content (AvgIpc) is 2.38. The lowest BCUT2D eigenvalue weighted by Gasteiger charge is -2.12. The van der Waals surface area contributed by atoms with Crippen molar-refractivity contribution in [3.63, 3.8) is 0 Å². The molecular weight excluding hydrogens is 1160 g/mol. The Bertz CT molecular complexity index is 4860. The maximum Gasteiger partial charge on any atom is 0.261 e. The van der Waals surface area contributed by atoms with E-state index in [9.17, 15) is 49.5 Å². The SMILES string of the molecule is Cc1ccccc1NS(=O)(=O)c1ccc2c(ccc(=O)n2C)c1.Cn1c(=O)ccc2cc(S(=O)(=O)Cl)ccc21.Cn1c(=O)ccc2cc(S(=O)(=O)Nc3ccccc3CO)ccc21.Cn1c(=O)ccc2ccccc21.N[n+]1ccccc1CO. The molecule has 0 atom stereocenters. The fourth-order valence-electron chi connectivity index (χ4n) is 8.38. The minimum Gasteiger partial charge on any atom is -0.392 e. The molecule has 5 heterocycles. The van der Waals surface area contributed by atoms with Gasteiger partial charge in [0.05, 0.1) is 54.7 Å². The number of aliphatic hydroxyl groups excluding tert-OH is 2. The molecule has 0 saturated heterocycles. The molecule has 434 valence electrons. The summed E-state index contributed by atoms with van der Waals surface area (Å²) in [6, 6.07) is 53.2. The third-order valence-corrected chi connectivity index (χ3v) is 17.3. The van der Waals surface area contributed by atoms with Gasteiger partial charge in [-0.2, -0.15) is 0 Å². The Balaban J connectivity index is 0.000000157. The molecule has 0 fully saturated rings. The van der Waals surface area contributed by atoms with E-state index in [0.29, 0.717) is 55.3 Å². The molecule has 24 heteroatoms. The zero-order chi connectivity index (χ0) is 61.1. The fourth-order valence-corrected chi connectivity index (χ4v) is 11.5. The summed E-state index contributed by atoms with van der Waals surface area (Å²) in [5, 5.41) is 21.0. The monoisotopic (exact) mass is 1210 g/mol. The second kappa shape index (κ2) is 26.8. The number of aliphatic hydroxyl groups is 2. The Labute approximate surface area is 487 Å². The number of halogens is 1. The topological polar surface area (TPSA) is 285 Å². The fraction of sp³-hybridized carbons (Fsp3) is 0.117. The van der Waals surface area contributed by atoms with Gasteiger partial charge in [0.2, 0.25) is 5.69 Å². The average molecular weight is 1210 g/mol. The predicted octanol–water partition coefficient (Wildman–Crippen LogP) is 6.66. The molecule has 0 bridgehead atoms. The van der Waals surface area contributed by atoms with Gasteiger partial charge in [-0.1, -0.05) is 59.3 Å². The molecule has 0 radical (unpaired) electrons. The van der Waals surface area contributed by atoms with Gasteiger partial charge < -0.3 is 28.5 Å². The molecule has 11 rings (SSSR count). The molecule has 0 saturated carbocycles. The number of nitrogen functional groups attached to an aromatic ring is 1. The van der Waals surface area contributed by atoms with E-state index >= 15 is 0 Å². The summed E-state index contributed by atoms with van der Waals surface area (Å²) < 4.78 is 85.1. The first-order valence-corrected chi connectivity index (χ1v) is 30.6. The standard InChI is InChI=1S/C17H16N2O4S.C17H16N2O3S.C10H8ClNO3S.C10H9NO.C6H9N2O/c1-19-16-8-7-14(10-12(16)6-9-17(19)21)24(22,23)18-15-5-3-2-4-13(15)11-20;1-12-5-3-4-6-15(12)18-23(21,22)14-8-9-16-13(11-14)7-10-17(20)19(16)2;1-12-9-4-3-8(16(11,14)15)6-7(9)2-5-10(12)13;1-11-9-5-3-2-4-8(9)6-7-10(11)12;7-8-4-2-1-3-6(8)5-9/h2-10,18,20H,11H2,1H3;3-11,18H,1-2H3;2-6H,1H3;2-7H,1H3;1-4,9H,5,7H2/q;;;;+1. The summed E-state index contributed by atoms with van der Waals surface area (Å²) >= 11 is 0. The van der Waals surface area contributed by atoms with Gasteiger partial charge in [0.1, 0.15) is 6.61 Å². The van der Waals surface area contributed by atoms with E-state index in [-0.39, 0.29) is 50.1 Å². The summed E-state index contributed by atoms with van der Waals surface area (Å²) in [6.07, 6.45) is 1.69. The number of aromatic nitrogens is 5. The predicted molar refractivity (Wildman–Crippen MR) is 328 cm³/mol. The molecule has 0 aliphatic carbocycles. The number of anilines is 2. The second-order valence-corrected chi connectivity index (χ2v) is 24.6. The summed E-state index contributed by atoms with van der Waals surface area (Å²) in [7, 11) is 0.702. The molecule has 0 aliphatic heterocycles. The maximum atomic E-state index is 12.6. The lowest BCUT2D eigenvalue weighted by Crippen LogP contribution is -2.47. The Hall–Kier alpha value is -9.23. The van der Waals surface area contributed by atoms with Crippen molar-refractivity contribution in [1.29, 1.82) is 0 Å². The van der Waals surface area contributed by atoms with Crippen LogP contribution in [-0.2, 0) is 70.5 Å². The van der Waals surface area contributed by atoms with Crippen LogP contribution >= 0.6 is 10.7 Å². The Morgan fingerprint density at radius 2 is 0.821 bits per heavy atom. The third kappa shape index (κ3) is 15.1. The number of sulfonamides is 2. The molecule has 5 aromatic heterocycles. The van der Waals surface area contributed by atoms with Crippen molar-refractivity contribution in [3.8, 4) is 0 Å². The highest BCUT2D eigenvalue weighted by Crippen LogP contribution is 2.25. The first-order valence-electron chi connectivity index (χ1n) is 25.3. The minimum atomic E-state index is -3.81. The number of benzene rings is 6. The highest BCUT2D eigenvalue weighted by molar-refractivity contribution is 8.13. The lowest BCUT2D eigenvalue weighted by atomic mass is 10.2. The Morgan fingerprint density at radius 3 is 1.26 bits per heavy atom. The zero-order valence-electron chi connectivity index (χ0n) is 45.9. The van der Waals surface area contributed by atoms with Crippen LogP contribution in [0.2, 0.25) is 0 Å². The summed E-state index contributed by atoms with van der Waals surface area (Å²) in [4.78, 5) is 46.1. The molecule has 20 nitrogen and oxygen atoms in total. The van der Waals surface area contributed by atoms with E-state index < -0.39 is 29.1 Å². The van der Waals surface area contributed by atoms with Crippen LogP contribution in [0.4, 0.5) is 11.4 Å². The van der Waals surface area contributed by atoms with Crippen LogP contribution in [0.1, 0.15) is 16.8 Å². The van der Waals surface area contributed by atoms with Gasteiger partial charge in [-0.05, 0) is 137 Å². The first kappa shape index (κ1) is 62.4. The molecule has 0 aliphatic rings. The number of aryl methyl sites for hydroxylation is 5.